The summed E-state index contributed by atoms with van der Waals surface area (Å²) in [6, 6.07) is 5.69. The van der Waals surface area contributed by atoms with Crippen molar-refractivity contribution in [3.05, 3.63) is 28.8 Å². The van der Waals surface area contributed by atoms with Gasteiger partial charge in [-0.05, 0) is 31.0 Å². The molecule has 4 heteroatoms. The summed E-state index contributed by atoms with van der Waals surface area (Å²) in [4.78, 5) is 2.32. The van der Waals surface area contributed by atoms with Crippen LogP contribution in [0.15, 0.2) is 18.2 Å². The Kier molecular flexibility index (Phi) is 4.26. The van der Waals surface area contributed by atoms with Gasteiger partial charge in [-0.1, -0.05) is 11.6 Å². The van der Waals surface area contributed by atoms with Crippen molar-refractivity contribution in [2.45, 2.75) is 25.5 Å². The van der Waals surface area contributed by atoms with Gasteiger partial charge in [0.25, 0.3) is 0 Å². The normalized spacial score (nSPS) is 18.3. The molecule has 0 aliphatic carbocycles. The van der Waals surface area contributed by atoms with Gasteiger partial charge in [-0.25, -0.2) is 0 Å². The second kappa shape index (κ2) is 5.71. The highest BCUT2D eigenvalue weighted by atomic mass is 35.5. The Bertz CT molecular complexity index is 376. The zero-order valence-electron chi connectivity index (χ0n) is 10.0. The van der Waals surface area contributed by atoms with Crippen LogP contribution in [0.5, 0.6) is 5.75 Å². The van der Waals surface area contributed by atoms with Crippen molar-refractivity contribution in [2.75, 3.05) is 20.2 Å². The summed E-state index contributed by atoms with van der Waals surface area (Å²) in [5.74, 6) is 0.875. The minimum absolute atomic E-state index is 0.132. The Hall–Kier alpha value is -0.770. The molecular formula is C13H18ClNO2. The number of likely N-dealkylation sites (tertiary alicyclic amines) is 1. The summed E-state index contributed by atoms with van der Waals surface area (Å²) in [7, 11) is 1.67. The number of rotatable bonds is 3. The van der Waals surface area contributed by atoms with Crippen LogP contribution in [0.1, 0.15) is 18.4 Å². The van der Waals surface area contributed by atoms with E-state index in [1.54, 1.807) is 7.11 Å². The van der Waals surface area contributed by atoms with Gasteiger partial charge in [0.2, 0.25) is 0 Å². The number of benzene rings is 1. The van der Waals surface area contributed by atoms with Crippen LogP contribution in [0.2, 0.25) is 5.02 Å². The molecule has 0 spiro atoms. The van der Waals surface area contributed by atoms with Gasteiger partial charge >= 0.3 is 0 Å². The van der Waals surface area contributed by atoms with Gasteiger partial charge < -0.3 is 9.84 Å². The Balaban J connectivity index is 2.04. The average molecular weight is 256 g/mol. The van der Waals surface area contributed by atoms with Gasteiger partial charge in [-0.15, -0.1) is 0 Å². The fourth-order valence-corrected chi connectivity index (χ4v) is 2.38. The molecule has 1 heterocycles. The molecule has 1 aliphatic heterocycles. The zero-order chi connectivity index (χ0) is 12.3. The molecule has 0 radical (unpaired) electrons. The summed E-state index contributed by atoms with van der Waals surface area (Å²) >= 11 is 6.00. The van der Waals surface area contributed by atoms with E-state index in [4.69, 9.17) is 16.3 Å². The van der Waals surface area contributed by atoms with Crippen LogP contribution in [-0.4, -0.2) is 36.3 Å². The molecule has 0 unspecified atom stereocenters. The molecule has 17 heavy (non-hydrogen) atoms. The van der Waals surface area contributed by atoms with Crippen LogP contribution in [0, 0.1) is 0 Å². The van der Waals surface area contributed by atoms with E-state index in [0.29, 0.717) is 0 Å². The van der Waals surface area contributed by atoms with E-state index in [9.17, 15) is 5.11 Å². The summed E-state index contributed by atoms with van der Waals surface area (Å²) < 4.78 is 5.33. The molecule has 1 fully saturated rings. The molecule has 1 aromatic carbocycles. The lowest BCUT2D eigenvalue weighted by Crippen LogP contribution is -2.35. The number of methoxy groups -OCH3 is 1. The lowest BCUT2D eigenvalue weighted by molar-refractivity contribution is 0.0789. The Morgan fingerprint density at radius 2 is 2.12 bits per heavy atom. The van der Waals surface area contributed by atoms with E-state index in [-0.39, 0.29) is 6.10 Å². The molecule has 0 amide bonds. The van der Waals surface area contributed by atoms with Crippen molar-refractivity contribution in [3.8, 4) is 5.75 Å². The monoisotopic (exact) mass is 255 g/mol. The molecule has 0 aromatic heterocycles. The van der Waals surface area contributed by atoms with Gasteiger partial charge in [0.05, 0.1) is 13.2 Å². The number of piperidine rings is 1. The van der Waals surface area contributed by atoms with Crippen LogP contribution in [0.25, 0.3) is 0 Å². The molecule has 2 rings (SSSR count). The largest absolute Gasteiger partial charge is 0.496 e. The van der Waals surface area contributed by atoms with Gasteiger partial charge in [-0.2, -0.15) is 0 Å². The first kappa shape index (κ1) is 12.7. The van der Waals surface area contributed by atoms with Gasteiger partial charge in [0.15, 0.2) is 0 Å². The quantitative estimate of drug-likeness (QED) is 0.900. The van der Waals surface area contributed by atoms with E-state index in [1.165, 1.54) is 0 Å². The lowest BCUT2D eigenvalue weighted by atomic mass is 10.1. The highest BCUT2D eigenvalue weighted by molar-refractivity contribution is 6.30. The predicted molar refractivity (Wildman–Crippen MR) is 68.5 cm³/mol. The number of hydrogen-bond acceptors (Lipinski definition) is 3. The maximum absolute atomic E-state index is 9.47. The summed E-state index contributed by atoms with van der Waals surface area (Å²) in [5.41, 5.74) is 1.11. The van der Waals surface area contributed by atoms with Gasteiger partial charge in [0, 0.05) is 30.2 Å². The van der Waals surface area contributed by atoms with Crippen LogP contribution >= 0.6 is 11.6 Å². The molecule has 1 N–H and O–H groups in total. The van der Waals surface area contributed by atoms with Crippen LogP contribution < -0.4 is 4.74 Å². The van der Waals surface area contributed by atoms with E-state index in [1.807, 2.05) is 18.2 Å². The van der Waals surface area contributed by atoms with E-state index < -0.39 is 0 Å². The molecular weight excluding hydrogens is 238 g/mol. The van der Waals surface area contributed by atoms with Crippen LogP contribution in [0.4, 0.5) is 0 Å². The first-order chi connectivity index (χ1) is 8.19. The minimum Gasteiger partial charge on any atom is -0.496 e. The van der Waals surface area contributed by atoms with E-state index in [2.05, 4.69) is 4.90 Å². The van der Waals surface area contributed by atoms with Crippen molar-refractivity contribution in [1.82, 2.24) is 4.90 Å². The van der Waals surface area contributed by atoms with Gasteiger partial charge in [-0.3, -0.25) is 4.90 Å². The Morgan fingerprint density at radius 3 is 2.76 bits per heavy atom. The number of nitrogens with zero attached hydrogens (tertiary/aromatic N) is 1. The minimum atomic E-state index is -0.132. The fraction of sp³-hybridized carbons (Fsp3) is 0.538. The lowest BCUT2D eigenvalue weighted by Gasteiger charge is -2.29. The summed E-state index contributed by atoms with van der Waals surface area (Å²) in [6.07, 6.45) is 1.57. The fourth-order valence-electron chi connectivity index (χ4n) is 2.19. The molecule has 1 saturated heterocycles. The molecule has 94 valence electrons. The standard InChI is InChI=1S/C13H18ClNO2/c1-17-13-3-2-11(14)8-10(13)9-15-6-4-12(16)5-7-15/h2-3,8,12,16H,4-7,9H2,1H3. The summed E-state index contributed by atoms with van der Waals surface area (Å²) in [5, 5.41) is 10.2. The molecule has 0 saturated carbocycles. The third-order valence-corrected chi connectivity index (χ3v) is 3.43. The Morgan fingerprint density at radius 1 is 1.41 bits per heavy atom. The maximum atomic E-state index is 9.47. The maximum Gasteiger partial charge on any atom is 0.123 e. The van der Waals surface area contributed by atoms with Crippen molar-refractivity contribution in [1.29, 1.82) is 0 Å². The second-order valence-electron chi connectivity index (χ2n) is 4.46. The third kappa shape index (κ3) is 3.35. The van der Waals surface area contributed by atoms with E-state index >= 15 is 0 Å². The van der Waals surface area contributed by atoms with Crippen molar-refractivity contribution in [2.24, 2.45) is 0 Å². The van der Waals surface area contributed by atoms with Crippen molar-refractivity contribution in [3.63, 3.8) is 0 Å². The first-order valence-electron chi connectivity index (χ1n) is 5.92. The van der Waals surface area contributed by atoms with E-state index in [0.717, 1.165) is 48.8 Å². The van der Waals surface area contributed by atoms with Crippen LogP contribution in [-0.2, 0) is 6.54 Å². The Labute approximate surface area is 107 Å². The average Bonchev–Trinajstić information content (AvgIpc) is 2.32. The molecule has 0 atom stereocenters. The number of aliphatic hydroxyl groups is 1. The molecule has 1 aromatic rings. The highest BCUT2D eigenvalue weighted by Crippen LogP contribution is 2.25. The third-order valence-electron chi connectivity index (χ3n) is 3.19. The molecule has 1 aliphatic rings. The zero-order valence-corrected chi connectivity index (χ0v) is 10.8. The van der Waals surface area contributed by atoms with Crippen LogP contribution in [0.3, 0.4) is 0 Å². The second-order valence-corrected chi connectivity index (χ2v) is 4.90. The number of halogens is 1. The SMILES string of the molecule is COc1ccc(Cl)cc1CN1CCC(O)CC1. The molecule has 0 bridgehead atoms. The van der Waals surface area contributed by atoms with Crippen molar-refractivity contribution < 1.29 is 9.84 Å². The van der Waals surface area contributed by atoms with Crippen molar-refractivity contribution >= 4 is 11.6 Å². The first-order valence-corrected chi connectivity index (χ1v) is 6.29. The smallest absolute Gasteiger partial charge is 0.123 e. The number of hydrogen-bond donors (Lipinski definition) is 1. The number of aliphatic hydroxyl groups excluding tert-OH is 1. The molecule has 3 nitrogen and oxygen atoms in total. The predicted octanol–water partition coefficient (Wildman–Crippen LogP) is 2.31. The topological polar surface area (TPSA) is 32.7 Å². The number of ether oxygens (including phenoxy) is 1. The van der Waals surface area contributed by atoms with Gasteiger partial charge in [0.1, 0.15) is 5.75 Å². The highest BCUT2D eigenvalue weighted by Gasteiger charge is 2.18. The summed E-state index contributed by atoms with van der Waals surface area (Å²) in [6.45, 7) is 2.68.